The second kappa shape index (κ2) is 10.3. The quantitative estimate of drug-likeness (QED) is 0.538. The van der Waals surface area contributed by atoms with Gasteiger partial charge in [-0.25, -0.2) is 0 Å². The van der Waals surface area contributed by atoms with Crippen LogP contribution >= 0.6 is 0 Å². The van der Waals surface area contributed by atoms with Gasteiger partial charge in [-0.15, -0.1) is 0 Å². The van der Waals surface area contributed by atoms with E-state index in [-0.39, 0.29) is 24.5 Å². The van der Waals surface area contributed by atoms with Gasteiger partial charge in [-0.2, -0.15) is 5.10 Å². The maximum Gasteiger partial charge on any atom is 0.272 e. The molecule has 2 amide bonds. The Hall–Kier alpha value is -3.72. The summed E-state index contributed by atoms with van der Waals surface area (Å²) >= 11 is 0. The Balaban J connectivity index is 1.32. The minimum absolute atomic E-state index is 0.0146. The number of hydrogen-bond donors (Lipinski definition) is 1. The van der Waals surface area contributed by atoms with E-state index in [1.54, 1.807) is 35.4 Å². The molecule has 2 aromatic heterocycles. The molecule has 0 radical (unpaired) electrons. The van der Waals surface area contributed by atoms with Gasteiger partial charge in [-0.1, -0.05) is 6.07 Å². The van der Waals surface area contributed by atoms with Crippen molar-refractivity contribution in [1.82, 2.24) is 25.0 Å². The van der Waals surface area contributed by atoms with Gasteiger partial charge in [-0.3, -0.25) is 19.7 Å². The first-order chi connectivity index (χ1) is 17.1. The Morgan fingerprint density at radius 2 is 2.00 bits per heavy atom. The number of pyridine rings is 1. The zero-order valence-electron chi connectivity index (χ0n) is 19.7. The van der Waals surface area contributed by atoms with Crippen LogP contribution in [0.2, 0.25) is 0 Å². The first-order valence-corrected chi connectivity index (χ1v) is 11.9. The normalized spacial score (nSPS) is 18.4. The maximum absolute atomic E-state index is 13.4. The minimum atomic E-state index is -0.270. The Morgan fingerprint density at radius 1 is 1.17 bits per heavy atom. The molecule has 1 saturated heterocycles. The van der Waals surface area contributed by atoms with Gasteiger partial charge in [0.05, 0.1) is 18.9 Å². The number of H-pyrrole nitrogens is 1. The van der Waals surface area contributed by atoms with Gasteiger partial charge in [0.2, 0.25) is 5.91 Å². The number of rotatable bonds is 8. The third-order valence-electron chi connectivity index (χ3n) is 6.37. The number of amides is 2. The molecule has 1 aliphatic heterocycles. The Bertz CT molecular complexity index is 1160. The number of aromatic amines is 1. The van der Waals surface area contributed by atoms with Gasteiger partial charge >= 0.3 is 0 Å². The number of nitrogens with zero attached hydrogens (tertiary/aromatic N) is 4. The van der Waals surface area contributed by atoms with Crippen LogP contribution in [0.5, 0.6) is 5.75 Å². The van der Waals surface area contributed by atoms with Crippen molar-refractivity contribution in [2.45, 2.75) is 25.5 Å². The molecule has 3 aromatic rings. The van der Waals surface area contributed by atoms with Crippen molar-refractivity contribution in [2.75, 3.05) is 33.4 Å². The van der Waals surface area contributed by atoms with Crippen molar-refractivity contribution in [2.24, 2.45) is 5.92 Å². The summed E-state index contributed by atoms with van der Waals surface area (Å²) in [6.07, 6.45) is 5.56. The fourth-order valence-corrected chi connectivity index (χ4v) is 4.17. The lowest BCUT2D eigenvalue weighted by Crippen LogP contribution is -2.40. The van der Waals surface area contributed by atoms with Crippen LogP contribution in [0.1, 0.15) is 28.9 Å². The summed E-state index contributed by atoms with van der Waals surface area (Å²) in [5, 5.41) is 7.16. The van der Waals surface area contributed by atoms with E-state index in [1.807, 2.05) is 36.4 Å². The van der Waals surface area contributed by atoms with Crippen molar-refractivity contribution in [1.29, 1.82) is 0 Å². The van der Waals surface area contributed by atoms with Crippen LogP contribution in [0.15, 0.2) is 54.9 Å². The molecule has 1 aliphatic carbocycles. The monoisotopic (exact) mass is 475 g/mol. The number of ether oxygens (including phenoxy) is 2. The largest absolute Gasteiger partial charge is 0.497 e. The summed E-state index contributed by atoms with van der Waals surface area (Å²) in [5.74, 6) is 0.949. The average molecular weight is 476 g/mol. The molecule has 1 unspecified atom stereocenters. The van der Waals surface area contributed by atoms with E-state index in [4.69, 9.17) is 9.47 Å². The van der Waals surface area contributed by atoms with Crippen LogP contribution in [0, 0.1) is 5.92 Å². The van der Waals surface area contributed by atoms with E-state index < -0.39 is 0 Å². The minimum Gasteiger partial charge on any atom is -0.497 e. The zero-order valence-corrected chi connectivity index (χ0v) is 19.7. The summed E-state index contributed by atoms with van der Waals surface area (Å²) in [4.78, 5) is 34.0. The highest BCUT2D eigenvalue weighted by Crippen LogP contribution is 2.29. The summed E-state index contributed by atoms with van der Waals surface area (Å²) in [5.41, 5.74) is 2.79. The molecule has 1 aromatic carbocycles. The Morgan fingerprint density at radius 3 is 2.71 bits per heavy atom. The highest BCUT2D eigenvalue weighted by Gasteiger charge is 2.33. The lowest BCUT2D eigenvalue weighted by atomic mass is 10.1. The molecule has 1 N–H and O–H groups in total. The van der Waals surface area contributed by atoms with Gasteiger partial charge in [0.1, 0.15) is 18.0 Å². The van der Waals surface area contributed by atoms with E-state index >= 15 is 0 Å². The second-order valence-electron chi connectivity index (χ2n) is 9.12. The second-order valence-corrected chi connectivity index (χ2v) is 9.12. The summed E-state index contributed by atoms with van der Waals surface area (Å²) in [6, 6.07) is 13.0. The van der Waals surface area contributed by atoms with Gasteiger partial charge in [0.25, 0.3) is 5.91 Å². The van der Waals surface area contributed by atoms with Crippen molar-refractivity contribution in [3.63, 3.8) is 0 Å². The van der Waals surface area contributed by atoms with E-state index in [0.29, 0.717) is 43.5 Å². The smallest absolute Gasteiger partial charge is 0.272 e. The molecule has 1 saturated carbocycles. The fourth-order valence-electron chi connectivity index (χ4n) is 4.17. The number of aromatic nitrogens is 3. The maximum atomic E-state index is 13.4. The molecule has 2 aliphatic rings. The van der Waals surface area contributed by atoms with Crippen molar-refractivity contribution in [3.8, 4) is 17.0 Å². The molecule has 9 heteroatoms. The number of methoxy groups -OCH3 is 1. The molecule has 2 fully saturated rings. The number of benzene rings is 1. The molecule has 0 spiro atoms. The van der Waals surface area contributed by atoms with Gasteiger partial charge in [0.15, 0.2) is 0 Å². The van der Waals surface area contributed by atoms with Crippen LogP contribution in [-0.4, -0.2) is 76.3 Å². The fraction of sp³-hybridized carbons (Fsp3) is 0.385. The van der Waals surface area contributed by atoms with E-state index in [9.17, 15) is 9.59 Å². The molecule has 3 heterocycles. The summed E-state index contributed by atoms with van der Waals surface area (Å²) in [6.45, 7) is 1.86. The lowest BCUT2D eigenvalue weighted by molar-refractivity contribution is -0.132. The summed E-state index contributed by atoms with van der Waals surface area (Å²) < 4.78 is 11.4. The zero-order chi connectivity index (χ0) is 24.2. The van der Waals surface area contributed by atoms with Crippen LogP contribution in [0.25, 0.3) is 11.3 Å². The molecule has 1 atom stereocenters. The van der Waals surface area contributed by atoms with Crippen molar-refractivity contribution in [3.05, 3.63) is 66.1 Å². The molecular weight excluding hydrogens is 446 g/mol. The van der Waals surface area contributed by atoms with Crippen molar-refractivity contribution < 1.29 is 19.1 Å². The number of carbonyl (C=O) groups excluding carboxylic acids is 2. The SMILES string of the molecule is COc1ccc(-c2cc(C(=O)N3CC(=O)N(Cc4cccnc4)CC(OCC4CC4)C3)[nH]n2)cc1. The topological polar surface area (TPSA) is 101 Å². The first kappa shape index (κ1) is 23.0. The van der Waals surface area contributed by atoms with Crippen LogP contribution in [0.3, 0.4) is 0 Å². The van der Waals surface area contributed by atoms with Crippen LogP contribution in [0.4, 0.5) is 0 Å². The van der Waals surface area contributed by atoms with Crippen LogP contribution in [-0.2, 0) is 16.1 Å². The lowest BCUT2D eigenvalue weighted by Gasteiger charge is -2.24. The predicted molar refractivity (Wildman–Crippen MR) is 129 cm³/mol. The highest BCUT2D eigenvalue weighted by atomic mass is 16.5. The van der Waals surface area contributed by atoms with Gasteiger partial charge in [-0.05, 0) is 60.7 Å². The summed E-state index contributed by atoms with van der Waals surface area (Å²) in [7, 11) is 1.61. The third kappa shape index (κ3) is 5.68. The molecule has 0 bridgehead atoms. The molecule has 182 valence electrons. The number of hydrogen-bond acceptors (Lipinski definition) is 6. The van der Waals surface area contributed by atoms with E-state index in [2.05, 4.69) is 15.2 Å². The van der Waals surface area contributed by atoms with Crippen LogP contribution < -0.4 is 4.74 Å². The average Bonchev–Trinajstić information content (AvgIpc) is 3.62. The number of carbonyl (C=O) groups is 2. The third-order valence-corrected chi connectivity index (χ3v) is 6.37. The molecular formula is C26H29N5O4. The first-order valence-electron chi connectivity index (χ1n) is 11.9. The highest BCUT2D eigenvalue weighted by molar-refractivity contribution is 5.96. The molecule has 5 rings (SSSR count). The van der Waals surface area contributed by atoms with Gasteiger partial charge in [0, 0.05) is 44.2 Å². The Labute approximate surface area is 204 Å². The van der Waals surface area contributed by atoms with E-state index in [1.165, 1.54) is 12.8 Å². The number of nitrogens with one attached hydrogen (secondary N) is 1. The van der Waals surface area contributed by atoms with Crippen molar-refractivity contribution >= 4 is 11.8 Å². The Kier molecular flexibility index (Phi) is 6.76. The predicted octanol–water partition coefficient (Wildman–Crippen LogP) is 2.76. The molecule has 9 nitrogen and oxygen atoms in total. The van der Waals surface area contributed by atoms with Gasteiger partial charge < -0.3 is 19.3 Å². The van der Waals surface area contributed by atoms with E-state index in [0.717, 1.165) is 16.9 Å². The standard InChI is InChI=1S/C26H29N5O4/c1-34-21-8-6-20(7-9-21)23-11-24(29-28-23)26(33)31-15-22(35-17-18-4-5-18)14-30(25(32)16-31)13-19-3-2-10-27-12-19/h2-3,6-12,18,22H,4-5,13-17H2,1H3,(H,28,29). The molecule has 35 heavy (non-hydrogen) atoms.